The van der Waals surface area contributed by atoms with Gasteiger partial charge in [-0.1, -0.05) is 38.1 Å². The molecule has 0 spiro atoms. The highest BCUT2D eigenvalue weighted by Gasteiger charge is 2.26. The average Bonchev–Trinajstić information content (AvgIpc) is 3.19. The van der Waals surface area contributed by atoms with Gasteiger partial charge in [-0.2, -0.15) is 0 Å². The molecule has 1 fully saturated rings. The van der Waals surface area contributed by atoms with E-state index >= 15 is 0 Å². The van der Waals surface area contributed by atoms with Crippen molar-refractivity contribution >= 4 is 5.57 Å². The molecule has 1 nitrogen and oxygen atoms in total. The molecule has 0 bridgehead atoms. The lowest BCUT2D eigenvalue weighted by Gasteiger charge is -2.26. The zero-order valence-electron chi connectivity index (χ0n) is 11.4. The van der Waals surface area contributed by atoms with Crippen LogP contribution in [0.5, 0.6) is 0 Å². The third-order valence-corrected chi connectivity index (χ3v) is 4.00. The van der Waals surface area contributed by atoms with E-state index in [1.807, 2.05) is 0 Å². The fourth-order valence-corrected chi connectivity index (χ4v) is 2.82. The molecule has 0 heterocycles. The van der Waals surface area contributed by atoms with Gasteiger partial charge in [0.2, 0.25) is 0 Å². The van der Waals surface area contributed by atoms with Gasteiger partial charge in [-0.15, -0.1) is 0 Å². The molecule has 1 saturated carbocycles. The Morgan fingerprint density at radius 2 is 1.94 bits per heavy atom. The van der Waals surface area contributed by atoms with Crippen molar-refractivity contribution in [1.82, 2.24) is 0 Å². The highest BCUT2D eigenvalue weighted by molar-refractivity contribution is 5.73. The van der Waals surface area contributed by atoms with Crippen molar-refractivity contribution in [3.63, 3.8) is 0 Å². The zero-order chi connectivity index (χ0) is 12.5. The second-order valence-electron chi connectivity index (χ2n) is 5.90. The quantitative estimate of drug-likeness (QED) is 0.759. The summed E-state index contributed by atoms with van der Waals surface area (Å²) < 4.78 is 6.12. The number of allylic oxidation sites excluding steroid dienone is 2. The molecule has 0 unspecified atom stereocenters. The van der Waals surface area contributed by atoms with Crippen LogP contribution in [0.25, 0.3) is 5.57 Å². The van der Waals surface area contributed by atoms with Crippen LogP contribution in [0.15, 0.2) is 30.0 Å². The van der Waals surface area contributed by atoms with Crippen molar-refractivity contribution in [3.05, 3.63) is 41.2 Å². The Kier molecular flexibility index (Phi) is 3.15. The SMILES string of the molecule is CC(C)C1=C(OCC2CC2)CCc2ccccc21. The van der Waals surface area contributed by atoms with Crippen LogP contribution in [0.4, 0.5) is 0 Å². The van der Waals surface area contributed by atoms with Crippen LogP contribution in [0.2, 0.25) is 0 Å². The maximum Gasteiger partial charge on any atom is 0.100 e. The Morgan fingerprint density at radius 1 is 1.17 bits per heavy atom. The van der Waals surface area contributed by atoms with E-state index in [-0.39, 0.29) is 0 Å². The predicted octanol–water partition coefficient (Wildman–Crippen LogP) is 4.43. The topological polar surface area (TPSA) is 9.23 Å². The van der Waals surface area contributed by atoms with Gasteiger partial charge in [0.15, 0.2) is 0 Å². The van der Waals surface area contributed by atoms with Gasteiger partial charge in [-0.05, 0) is 47.8 Å². The lowest BCUT2D eigenvalue weighted by molar-refractivity contribution is 0.189. The zero-order valence-corrected chi connectivity index (χ0v) is 11.4. The summed E-state index contributed by atoms with van der Waals surface area (Å²) in [6, 6.07) is 8.80. The molecule has 0 atom stereocenters. The Bertz CT molecular complexity index is 466. The maximum absolute atomic E-state index is 6.12. The number of fused-ring (bicyclic) bond motifs is 1. The van der Waals surface area contributed by atoms with Crippen LogP contribution in [-0.4, -0.2) is 6.61 Å². The van der Waals surface area contributed by atoms with Gasteiger partial charge in [0.25, 0.3) is 0 Å². The van der Waals surface area contributed by atoms with Gasteiger partial charge in [0.1, 0.15) is 5.76 Å². The Hall–Kier alpha value is -1.24. The molecular weight excluding hydrogens is 220 g/mol. The molecule has 0 amide bonds. The summed E-state index contributed by atoms with van der Waals surface area (Å²) in [6.45, 7) is 5.49. The number of rotatable bonds is 4. The first-order valence-electron chi connectivity index (χ1n) is 7.20. The van der Waals surface area contributed by atoms with Crippen LogP contribution in [0.3, 0.4) is 0 Å². The van der Waals surface area contributed by atoms with Crippen molar-refractivity contribution in [1.29, 1.82) is 0 Å². The summed E-state index contributed by atoms with van der Waals surface area (Å²) in [5.74, 6) is 2.64. The van der Waals surface area contributed by atoms with E-state index < -0.39 is 0 Å². The first-order chi connectivity index (χ1) is 8.75. The van der Waals surface area contributed by atoms with Crippen molar-refractivity contribution in [2.45, 2.75) is 39.5 Å². The molecule has 96 valence electrons. The minimum atomic E-state index is 0.542. The van der Waals surface area contributed by atoms with Crippen molar-refractivity contribution in [2.24, 2.45) is 11.8 Å². The smallest absolute Gasteiger partial charge is 0.100 e. The second-order valence-corrected chi connectivity index (χ2v) is 5.90. The van der Waals surface area contributed by atoms with E-state index in [4.69, 9.17) is 4.74 Å². The molecule has 0 saturated heterocycles. The molecule has 0 aliphatic heterocycles. The molecule has 3 rings (SSSR count). The molecule has 1 aromatic carbocycles. The standard InChI is InChI=1S/C17H22O/c1-12(2)17-15-6-4-3-5-14(15)9-10-16(17)18-11-13-7-8-13/h3-6,12-13H,7-11H2,1-2H3. The molecule has 2 aliphatic rings. The number of ether oxygens (including phenoxy) is 1. The van der Waals surface area contributed by atoms with Gasteiger partial charge in [0, 0.05) is 6.42 Å². The number of hydrogen-bond acceptors (Lipinski definition) is 1. The van der Waals surface area contributed by atoms with E-state index in [1.54, 1.807) is 0 Å². The van der Waals surface area contributed by atoms with E-state index in [9.17, 15) is 0 Å². The van der Waals surface area contributed by atoms with Crippen molar-refractivity contribution in [3.8, 4) is 0 Å². The minimum Gasteiger partial charge on any atom is -0.497 e. The lowest BCUT2D eigenvalue weighted by Crippen LogP contribution is -2.12. The molecular formula is C17H22O. The Morgan fingerprint density at radius 3 is 2.67 bits per heavy atom. The second kappa shape index (κ2) is 4.79. The highest BCUT2D eigenvalue weighted by atomic mass is 16.5. The van der Waals surface area contributed by atoms with Gasteiger partial charge in [0.05, 0.1) is 6.61 Å². The van der Waals surface area contributed by atoms with Crippen LogP contribution < -0.4 is 0 Å². The Balaban J connectivity index is 1.91. The highest BCUT2D eigenvalue weighted by Crippen LogP contribution is 2.38. The van der Waals surface area contributed by atoms with Gasteiger partial charge in [-0.25, -0.2) is 0 Å². The molecule has 0 radical (unpaired) electrons. The molecule has 1 heteroatoms. The van der Waals surface area contributed by atoms with Gasteiger partial charge in [-0.3, -0.25) is 0 Å². The van der Waals surface area contributed by atoms with Crippen molar-refractivity contribution < 1.29 is 4.74 Å². The van der Waals surface area contributed by atoms with Crippen molar-refractivity contribution in [2.75, 3.05) is 6.61 Å². The fourth-order valence-electron chi connectivity index (χ4n) is 2.82. The normalized spacial score (nSPS) is 19.1. The molecule has 0 N–H and O–H groups in total. The fraction of sp³-hybridized carbons (Fsp3) is 0.529. The first kappa shape index (κ1) is 11.8. The molecule has 2 aliphatic carbocycles. The van der Waals surface area contributed by atoms with Crippen LogP contribution in [0.1, 0.15) is 44.2 Å². The Labute approximate surface area is 110 Å². The van der Waals surface area contributed by atoms with Gasteiger partial charge >= 0.3 is 0 Å². The number of benzene rings is 1. The third kappa shape index (κ3) is 2.31. The van der Waals surface area contributed by atoms with Crippen LogP contribution in [0, 0.1) is 11.8 Å². The summed E-state index contributed by atoms with van der Waals surface area (Å²) in [5, 5.41) is 0. The number of hydrogen-bond donors (Lipinski definition) is 0. The average molecular weight is 242 g/mol. The van der Waals surface area contributed by atoms with E-state index in [0.29, 0.717) is 5.92 Å². The maximum atomic E-state index is 6.12. The summed E-state index contributed by atoms with van der Waals surface area (Å²) in [5.41, 5.74) is 4.35. The number of aryl methyl sites for hydroxylation is 1. The summed E-state index contributed by atoms with van der Waals surface area (Å²) in [7, 11) is 0. The van der Waals surface area contributed by atoms with E-state index in [0.717, 1.165) is 25.4 Å². The van der Waals surface area contributed by atoms with E-state index in [1.165, 1.54) is 35.3 Å². The molecule has 1 aromatic rings. The summed E-state index contributed by atoms with van der Waals surface area (Å²) >= 11 is 0. The summed E-state index contributed by atoms with van der Waals surface area (Å²) in [6.07, 6.45) is 4.94. The van der Waals surface area contributed by atoms with Crippen LogP contribution in [-0.2, 0) is 11.2 Å². The molecule has 0 aromatic heterocycles. The van der Waals surface area contributed by atoms with E-state index in [2.05, 4.69) is 38.1 Å². The monoisotopic (exact) mass is 242 g/mol. The minimum absolute atomic E-state index is 0.542. The largest absolute Gasteiger partial charge is 0.497 e. The third-order valence-electron chi connectivity index (χ3n) is 4.00. The lowest BCUT2D eigenvalue weighted by atomic mass is 9.84. The van der Waals surface area contributed by atoms with Gasteiger partial charge < -0.3 is 4.74 Å². The molecule has 18 heavy (non-hydrogen) atoms. The van der Waals surface area contributed by atoms with Crippen LogP contribution >= 0.6 is 0 Å². The first-order valence-corrected chi connectivity index (χ1v) is 7.20. The predicted molar refractivity (Wildman–Crippen MR) is 75.2 cm³/mol. The summed E-state index contributed by atoms with van der Waals surface area (Å²) in [4.78, 5) is 0.